The van der Waals surface area contributed by atoms with Crippen molar-refractivity contribution in [3.05, 3.63) is 23.3 Å². The minimum atomic E-state index is -1.37. The number of aryl methyl sites for hydroxylation is 1. The van der Waals surface area contributed by atoms with E-state index in [0.717, 1.165) is 0 Å². The number of benzene rings is 1. The van der Waals surface area contributed by atoms with Gasteiger partial charge in [-0.3, -0.25) is 9.59 Å². The van der Waals surface area contributed by atoms with E-state index in [1.165, 1.54) is 19.2 Å². The van der Waals surface area contributed by atoms with E-state index in [2.05, 4.69) is 0 Å². The maximum atomic E-state index is 11.3. The Labute approximate surface area is 122 Å². The number of methoxy groups -OCH3 is 1. The zero-order chi connectivity index (χ0) is 16.0. The van der Waals surface area contributed by atoms with Crippen LogP contribution in [-0.2, 0) is 20.7 Å². The lowest BCUT2D eigenvalue weighted by Crippen LogP contribution is -2.21. The van der Waals surface area contributed by atoms with Crippen molar-refractivity contribution < 1.29 is 29.3 Å². The number of ether oxygens (including phenoxy) is 2. The number of carbonyl (C=O) groups is 2. The summed E-state index contributed by atoms with van der Waals surface area (Å²) in [4.78, 5) is 22.3. The van der Waals surface area contributed by atoms with E-state index < -0.39 is 12.0 Å². The Morgan fingerprint density at radius 3 is 2.57 bits per heavy atom. The lowest BCUT2D eigenvalue weighted by atomic mass is 10.00. The van der Waals surface area contributed by atoms with Crippen molar-refractivity contribution in [1.29, 1.82) is 0 Å². The average Bonchev–Trinajstić information content (AvgIpc) is 2.45. The highest BCUT2D eigenvalue weighted by molar-refractivity contribution is 5.77. The minimum absolute atomic E-state index is 0.0423. The summed E-state index contributed by atoms with van der Waals surface area (Å²) in [6, 6.07) is 1.61. The second-order valence-electron chi connectivity index (χ2n) is 4.36. The molecule has 0 aliphatic heterocycles. The number of hydrogen-bond acceptors (Lipinski definition) is 6. The van der Waals surface area contributed by atoms with Gasteiger partial charge in [0.2, 0.25) is 0 Å². The zero-order valence-corrected chi connectivity index (χ0v) is 12.0. The monoisotopic (exact) mass is 297 g/mol. The molecule has 0 bridgehead atoms. The topological polar surface area (TPSA) is 119 Å². The summed E-state index contributed by atoms with van der Waals surface area (Å²) < 4.78 is 9.82. The number of phenols is 1. The van der Waals surface area contributed by atoms with Crippen molar-refractivity contribution in [2.45, 2.75) is 25.8 Å². The van der Waals surface area contributed by atoms with Crippen LogP contribution in [0.5, 0.6) is 11.5 Å². The van der Waals surface area contributed by atoms with Crippen molar-refractivity contribution in [3.63, 3.8) is 0 Å². The van der Waals surface area contributed by atoms with Crippen LogP contribution in [0.1, 0.15) is 30.5 Å². The van der Waals surface area contributed by atoms with Gasteiger partial charge in [-0.15, -0.1) is 0 Å². The van der Waals surface area contributed by atoms with E-state index in [1.54, 1.807) is 6.92 Å². The van der Waals surface area contributed by atoms with Crippen LogP contribution in [0.4, 0.5) is 0 Å². The van der Waals surface area contributed by atoms with Gasteiger partial charge in [-0.05, 0) is 31.0 Å². The van der Waals surface area contributed by atoms with Gasteiger partial charge in [0.1, 0.15) is 6.04 Å². The molecule has 0 saturated heterocycles. The number of rotatable bonds is 7. The maximum absolute atomic E-state index is 11.3. The molecule has 0 aromatic heterocycles. The van der Waals surface area contributed by atoms with Crippen molar-refractivity contribution in [3.8, 4) is 11.5 Å². The van der Waals surface area contributed by atoms with Crippen LogP contribution in [0.15, 0.2) is 12.1 Å². The number of phenolic OH excluding ortho intramolecular Hbond substituents is 1. The Kier molecular flexibility index (Phi) is 5.98. The van der Waals surface area contributed by atoms with Gasteiger partial charge in [0.05, 0.1) is 13.7 Å². The molecule has 7 nitrogen and oxygen atoms in total. The van der Waals surface area contributed by atoms with Crippen LogP contribution in [0.2, 0.25) is 0 Å². The van der Waals surface area contributed by atoms with Crippen LogP contribution in [-0.4, -0.2) is 35.9 Å². The Bertz CT molecular complexity index is 528. The highest BCUT2D eigenvalue weighted by Crippen LogP contribution is 2.35. The van der Waals surface area contributed by atoms with Gasteiger partial charge >= 0.3 is 11.9 Å². The molecule has 0 radical (unpaired) electrons. The fourth-order valence-electron chi connectivity index (χ4n) is 1.84. The normalized spacial score (nSPS) is 11.8. The molecule has 1 atom stereocenters. The number of hydrogen-bond donors (Lipinski definition) is 3. The summed E-state index contributed by atoms with van der Waals surface area (Å²) in [6.07, 6.45) is 0.471. The van der Waals surface area contributed by atoms with E-state index in [0.29, 0.717) is 18.6 Å². The SMILES string of the molecule is CCOC(=O)CCc1cc(OC)c(O)c([C@H](N)C(=O)O)c1. The number of nitrogens with two attached hydrogens (primary N) is 1. The fourth-order valence-corrected chi connectivity index (χ4v) is 1.84. The molecule has 1 aromatic rings. The molecule has 0 fully saturated rings. The molecule has 0 saturated carbocycles. The number of aromatic hydroxyl groups is 1. The smallest absolute Gasteiger partial charge is 0.325 e. The average molecular weight is 297 g/mol. The molecular formula is C14H19NO6. The van der Waals surface area contributed by atoms with Gasteiger partial charge in [0.15, 0.2) is 11.5 Å². The maximum Gasteiger partial charge on any atom is 0.325 e. The van der Waals surface area contributed by atoms with Crippen LogP contribution in [0.25, 0.3) is 0 Å². The molecule has 1 rings (SSSR count). The number of carbonyl (C=O) groups excluding carboxylic acids is 1. The lowest BCUT2D eigenvalue weighted by Gasteiger charge is -2.14. The van der Waals surface area contributed by atoms with Crippen molar-refractivity contribution in [1.82, 2.24) is 0 Å². The van der Waals surface area contributed by atoms with Gasteiger partial charge in [0.25, 0.3) is 0 Å². The summed E-state index contributed by atoms with van der Waals surface area (Å²) in [5.41, 5.74) is 6.20. The Hall–Kier alpha value is -2.28. The molecule has 0 aliphatic rings. The number of esters is 1. The molecule has 0 heterocycles. The first kappa shape index (κ1) is 16.8. The summed E-state index contributed by atoms with van der Waals surface area (Å²) in [5, 5.41) is 18.9. The Balaban J connectivity index is 3.02. The van der Waals surface area contributed by atoms with Crippen molar-refractivity contribution >= 4 is 11.9 Å². The molecule has 0 aliphatic carbocycles. The van der Waals surface area contributed by atoms with Crippen LogP contribution < -0.4 is 10.5 Å². The fraction of sp³-hybridized carbons (Fsp3) is 0.429. The standard InChI is InChI=1S/C14H19NO6/c1-3-21-11(16)5-4-8-6-9(12(15)14(18)19)13(17)10(7-8)20-2/h6-7,12,17H,3-5,15H2,1-2H3,(H,18,19)/t12-/m0/s1. The first-order valence-electron chi connectivity index (χ1n) is 6.44. The van der Waals surface area contributed by atoms with Gasteiger partial charge in [-0.2, -0.15) is 0 Å². The van der Waals surface area contributed by atoms with Crippen LogP contribution in [0.3, 0.4) is 0 Å². The molecule has 0 spiro atoms. The Morgan fingerprint density at radius 2 is 2.05 bits per heavy atom. The molecule has 0 unspecified atom stereocenters. The van der Waals surface area contributed by atoms with Crippen LogP contribution in [0, 0.1) is 0 Å². The van der Waals surface area contributed by atoms with Gasteiger partial charge in [-0.1, -0.05) is 0 Å². The predicted octanol–water partition coefficient (Wildman–Crippen LogP) is 0.981. The number of aliphatic carboxylic acids is 1. The third-order valence-corrected chi connectivity index (χ3v) is 2.91. The molecule has 4 N–H and O–H groups in total. The molecule has 0 amide bonds. The summed E-state index contributed by atoms with van der Waals surface area (Å²) in [6.45, 7) is 2.01. The van der Waals surface area contributed by atoms with E-state index in [1.807, 2.05) is 0 Å². The van der Waals surface area contributed by atoms with Crippen molar-refractivity contribution in [2.24, 2.45) is 5.73 Å². The van der Waals surface area contributed by atoms with Gasteiger partial charge in [-0.25, -0.2) is 0 Å². The molecule has 1 aromatic carbocycles. The molecular weight excluding hydrogens is 278 g/mol. The van der Waals surface area contributed by atoms with Crippen molar-refractivity contribution in [2.75, 3.05) is 13.7 Å². The van der Waals surface area contributed by atoms with E-state index in [4.69, 9.17) is 20.3 Å². The predicted molar refractivity (Wildman–Crippen MR) is 74.2 cm³/mol. The number of carboxylic acid groups (broad SMARTS) is 1. The zero-order valence-electron chi connectivity index (χ0n) is 12.0. The summed E-state index contributed by atoms with van der Waals surface area (Å²) in [7, 11) is 1.35. The van der Waals surface area contributed by atoms with Gasteiger partial charge in [0, 0.05) is 12.0 Å². The van der Waals surface area contributed by atoms with Gasteiger partial charge < -0.3 is 25.4 Å². The molecule has 21 heavy (non-hydrogen) atoms. The lowest BCUT2D eigenvalue weighted by molar-refractivity contribution is -0.143. The minimum Gasteiger partial charge on any atom is -0.504 e. The van der Waals surface area contributed by atoms with Crippen LogP contribution >= 0.6 is 0 Å². The second-order valence-corrected chi connectivity index (χ2v) is 4.36. The summed E-state index contributed by atoms with van der Waals surface area (Å²) in [5.74, 6) is -1.82. The Morgan fingerprint density at radius 1 is 1.38 bits per heavy atom. The van der Waals surface area contributed by atoms with E-state index in [-0.39, 0.29) is 29.5 Å². The largest absolute Gasteiger partial charge is 0.504 e. The third kappa shape index (κ3) is 4.35. The molecule has 116 valence electrons. The third-order valence-electron chi connectivity index (χ3n) is 2.91. The first-order chi connectivity index (χ1) is 9.90. The summed E-state index contributed by atoms with van der Waals surface area (Å²) >= 11 is 0. The quantitative estimate of drug-likeness (QED) is 0.642. The van der Waals surface area contributed by atoms with E-state index in [9.17, 15) is 14.7 Å². The number of carboxylic acids is 1. The highest BCUT2D eigenvalue weighted by atomic mass is 16.5. The van der Waals surface area contributed by atoms with E-state index >= 15 is 0 Å². The first-order valence-corrected chi connectivity index (χ1v) is 6.44. The highest BCUT2D eigenvalue weighted by Gasteiger charge is 2.22. The molecule has 7 heteroatoms. The second kappa shape index (κ2) is 7.49.